The van der Waals surface area contributed by atoms with Gasteiger partial charge in [-0.25, -0.2) is 9.98 Å². The standard InChI is InChI=1S/C66H76Cl2N2/c1-37(2)51-21-17-22-52(38(3)4)63(51)45-29-46(64-53(39(5)6)23-18-24-54(64)40(7)8)32-49(31-45)69-61-35-59(67)60(68)36-62(61)70-50-33-47(65-55(41(9)10)25-19-26-56(65)42(11)12)30-48(34-50)66-57(43(13)14)27-20-28-58(66)44(15)16/h17-44H,1-16H3. The molecule has 1 aliphatic carbocycles. The van der Waals surface area contributed by atoms with E-state index in [2.05, 4.69) is 220 Å². The first-order valence-electron chi connectivity index (χ1n) is 25.9. The number of halogens is 2. The zero-order valence-corrected chi connectivity index (χ0v) is 46.3. The summed E-state index contributed by atoms with van der Waals surface area (Å²) in [5.74, 6) is 2.57. The highest BCUT2D eigenvalue weighted by Gasteiger charge is 2.24. The maximum Gasteiger partial charge on any atom is 0.0909 e. The number of nitrogens with zero attached hydrogens (tertiary/aromatic N) is 2. The molecule has 0 N–H and O–H groups in total. The third-order valence-electron chi connectivity index (χ3n) is 14.0. The van der Waals surface area contributed by atoms with Crippen molar-refractivity contribution in [2.45, 2.75) is 158 Å². The molecule has 2 nitrogen and oxygen atoms in total. The third-order valence-corrected chi connectivity index (χ3v) is 14.7. The first kappa shape index (κ1) is 52.5. The van der Waals surface area contributed by atoms with E-state index < -0.39 is 0 Å². The van der Waals surface area contributed by atoms with E-state index in [0.29, 0.717) is 68.8 Å². The molecule has 364 valence electrons. The molecule has 70 heavy (non-hydrogen) atoms. The Hall–Kier alpha value is -5.28. The summed E-state index contributed by atoms with van der Waals surface area (Å²) in [7, 11) is 0. The lowest BCUT2D eigenvalue weighted by atomic mass is 9.81. The Bertz CT molecular complexity index is 2550. The number of rotatable bonds is 14. The first-order valence-corrected chi connectivity index (χ1v) is 26.7. The van der Waals surface area contributed by atoms with Crippen LogP contribution in [0.1, 0.15) is 203 Å². The van der Waals surface area contributed by atoms with Crippen LogP contribution in [0.15, 0.2) is 141 Å². The van der Waals surface area contributed by atoms with Gasteiger partial charge in [-0.3, -0.25) is 0 Å². The van der Waals surface area contributed by atoms with Crippen LogP contribution in [0.2, 0.25) is 0 Å². The molecule has 0 spiro atoms. The summed E-state index contributed by atoms with van der Waals surface area (Å²) >= 11 is 14.0. The van der Waals surface area contributed by atoms with Crippen LogP contribution in [0.25, 0.3) is 44.5 Å². The van der Waals surface area contributed by atoms with E-state index in [1.807, 2.05) is 12.2 Å². The molecule has 0 saturated carbocycles. The van der Waals surface area contributed by atoms with E-state index in [1.165, 1.54) is 66.8 Å². The second kappa shape index (κ2) is 22.0. The summed E-state index contributed by atoms with van der Waals surface area (Å²) < 4.78 is 0. The fraction of sp³-hybridized carbons (Fsp3) is 0.364. The van der Waals surface area contributed by atoms with Crippen molar-refractivity contribution in [1.29, 1.82) is 0 Å². The van der Waals surface area contributed by atoms with Crippen molar-refractivity contribution in [2.24, 2.45) is 9.98 Å². The SMILES string of the molecule is CC(C)c1cccc(C(C)C)c1-c1cc(N=C2C=C(Cl)C(Cl)=CC2=Nc2cc(-c3c(C(C)C)cccc3C(C)C)cc(-c3c(C(C)C)cccc3C(C)C)c2)cc(-c2c(C(C)C)cccc2C(C)C)c1. The lowest BCUT2D eigenvalue weighted by Gasteiger charge is -2.24. The van der Waals surface area contributed by atoms with Crippen LogP contribution < -0.4 is 0 Å². The van der Waals surface area contributed by atoms with E-state index in [1.54, 1.807) is 0 Å². The van der Waals surface area contributed by atoms with Crippen LogP contribution in [-0.2, 0) is 0 Å². The lowest BCUT2D eigenvalue weighted by Crippen LogP contribution is -2.13. The van der Waals surface area contributed by atoms with Crippen molar-refractivity contribution in [3.63, 3.8) is 0 Å². The summed E-state index contributed by atoms with van der Waals surface area (Å²) in [6.45, 7) is 36.7. The van der Waals surface area contributed by atoms with Gasteiger partial charge in [0.25, 0.3) is 0 Å². The van der Waals surface area contributed by atoms with Crippen molar-refractivity contribution < 1.29 is 0 Å². The summed E-state index contributed by atoms with van der Waals surface area (Å²) in [5.41, 5.74) is 23.4. The Morgan fingerprint density at radius 3 is 0.643 bits per heavy atom. The van der Waals surface area contributed by atoms with Gasteiger partial charge in [-0.2, -0.15) is 0 Å². The Labute approximate surface area is 432 Å². The smallest absolute Gasteiger partial charge is 0.0909 e. The summed E-state index contributed by atoms with van der Waals surface area (Å²) in [6.07, 6.45) is 3.78. The van der Waals surface area contributed by atoms with Crippen molar-refractivity contribution in [1.82, 2.24) is 0 Å². The molecule has 4 heteroatoms. The van der Waals surface area contributed by atoms with E-state index in [4.69, 9.17) is 33.2 Å². The topological polar surface area (TPSA) is 24.7 Å². The van der Waals surface area contributed by atoms with E-state index in [0.717, 1.165) is 33.6 Å². The minimum atomic E-state index is 0.321. The Kier molecular flexibility index (Phi) is 16.5. The molecule has 0 bridgehead atoms. The van der Waals surface area contributed by atoms with Crippen molar-refractivity contribution in [3.05, 3.63) is 176 Å². The highest BCUT2D eigenvalue weighted by atomic mass is 35.5. The first-order chi connectivity index (χ1) is 33.2. The van der Waals surface area contributed by atoms with Gasteiger partial charge < -0.3 is 0 Å². The highest BCUT2D eigenvalue weighted by Crippen LogP contribution is 2.46. The number of hydrogen-bond acceptors (Lipinski definition) is 2. The van der Waals surface area contributed by atoms with Gasteiger partial charge in [0.2, 0.25) is 0 Å². The summed E-state index contributed by atoms with van der Waals surface area (Å²) in [6, 6.07) is 41.1. The number of aliphatic imine (C=N–C) groups is 2. The van der Waals surface area contributed by atoms with Gasteiger partial charge >= 0.3 is 0 Å². The number of benzene rings is 6. The predicted molar refractivity (Wildman–Crippen MR) is 309 cm³/mol. The lowest BCUT2D eigenvalue weighted by molar-refractivity contribution is 0.836. The molecule has 6 aromatic rings. The number of hydrogen-bond donors (Lipinski definition) is 0. The van der Waals surface area contributed by atoms with Gasteiger partial charge in [0.05, 0.1) is 32.9 Å². The Morgan fingerprint density at radius 2 is 0.471 bits per heavy atom. The molecule has 7 rings (SSSR count). The molecular formula is C66H76Cl2N2. The van der Waals surface area contributed by atoms with Crippen LogP contribution in [-0.4, -0.2) is 11.4 Å². The van der Waals surface area contributed by atoms with Crippen LogP contribution in [0.3, 0.4) is 0 Å². The number of allylic oxidation sites excluding steroid dienone is 4. The Balaban J connectivity index is 1.56. The molecule has 6 aromatic carbocycles. The van der Waals surface area contributed by atoms with Crippen LogP contribution >= 0.6 is 23.2 Å². The minimum Gasteiger partial charge on any atom is -0.247 e. The normalized spacial score (nSPS) is 14.5. The van der Waals surface area contributed by atoms with E-state index in [-0.39, 0.29) is 0 Å². The monoisotopic (exact) mass is 967 g/mol. The molecule has 0 aromatic heterocycles. The second-order valence-corrected chi connectivity index (χ2v) is 22.8. The molecule has 0 aliphatic heterocycles. The zero-order valence-electron chi connectivity index (χ0n) is 44.8. The van der Waals surface area contributed by atoms with Crippen molar-refractivity contribution >= 4 is 46.0 Å². The van der Waals surface area contributed by atoms with E-state index in [9.17, 15) is 0 Å². The molecule has 0 atom stereocenters. The van der Waals surface area contributed by atoms with Crippen LogP contribution in [0.4, 0.5) is 11.4 Å². The molecule has 1 aliphatic rings. The average molecular weight is 968 g/mol. The van der Waals surface area contributed by atoms with Gasteiger partial charge in [-0.1, -0.05) is 207 Å². The molecule has 0 radical (unpaired) electrons. The summed E-state index contributed by atoms with van der Waals surface area (Å²) in [5, 5.41) is 0.870. The third kappa shape index (κ3) is 11.1. The molecular weight excluding hydrogens is 892 g/mol. The second-order valence-electron chi connectivity index (χ2n) is 22.0. The fourth-order valence-electron chi connectivity index (χ4n) is 10.4. The minimum absolute atomic E-state index is 0.321. The predicted octanol–water partition coefficient (Wildman–Crippen LogP) is 21.4. The van der Waals surface area contributed by atoms with Gasteiger partial charge in [0.15, 0.2) is 0 Å². The molecule has 0 saturated heterocycles. The van der Waals surface area contributed by atoms with Gasteiger partial charge in [-0.05, 0) is 185 Å². The van der Waals surface area contributed by atoms with Crippen LogP contribution in [0, 0.1) is 0 Å². The molecule has 0 unspecified atom stereocenters. The maximum absolute atomic E-state index is 7.00. The molecule has 0 fully saturated rings. The maximum atomic E-state index is 7.00. The fourth-order valence-corrected chi connectivity index (χ4v) is 10.8. The highest BCUT2D eigenvalue weighted by molar-refractivity contribution is 6.58. The molecule has 0 heterocycles. The van der Waals surface area contributed by atoms with Gasteiger partial charge in [0, 0.05) is 0 Å². The molecule has 0 amide bonds. The largest absolute Gasteiger partial charge is 0.247 e. The van der Waals surface area contributed by atoms with Gasteiger partial charge in [-0.15, -0.1) is 0 Å². The average Bonchev–Trinajstić information content (AvgIpc) is 3.31. The quantitative estimate of drug-likeness (QED) is 0.0972. The summed E-state index contributed by atoms with van der Waals surface area (Å²) in [4.78, 5) is 11.2. The van der Waals surface area contributed by atoms with Gasteiger partial charge in [0.1, 0.15) is 0 Å². The van der Waals surface area contributed by atoms with E-state index >= 15 is 0 Å². The van der Waals surface area contributed by atoms with Crippen molar-refractivity contribution in [2.75, 3.05) is 0 Å². The zero-order chi connectivity index (χ0) is 50.9. The Morgan fingerprint density at radius 1 is 0.286 bits per heavy atom. The van der Waals surface area contributed by atoms with Crippen molar-refractivity contribution in [3.8, 4) is 44.5 Å². The van der Waals surface area contributed by atoms with Crippen LogP contribution in [0.5, 0.6) is 0 Å².